The van der Waals surface area contributed by atoms with Crippen LogP contribution in [0.25, 0.3) is 16.4 Å². The van der Waals surface area contributed by atoms with Crippen LogP contribution in [0.1, 0.15) is 5.69 Å². The smallest absolute Gasteiger partial charge is 0.277 e. The minimum absolute atomic E-state index is 0.0954. The van der Waals surface area contributed by atoms with Crippen molar-refractivity contribution in [3.05, 3.63) is 63.0 Å². The van der Waals surface area contributed by atoms with Gasteiger partial charge < -0.3 is 4.42 Å². The second kappa shape index (κ2) is 6.39. The quantitative estimate of drug-likeness (QED) is 0.505. The van der Waals surface area contributed by atoms with Gasteiger partial charge in [0.1, 0.15) is 0 Å². The first kappa shape index (κ1) is 15.4. The zero-order chi connectivity index (χ0) is 16.5. The molecule has 3 heterocycles. The summed E-state index contributed by atoms with van der Waals surface area (Å²) in [5, 5.41) is 10.9. The van der Waals surface area contributed by atoms with E-state index in [1.807, 2.05) is 17.5 Å². The molecule has 0 aliphatic heterocycles. The van der Waals surface area contributed by atoms with Crippen LogP contribution in [0.5, 0.6) is 0 Å². The maximum Gasteiger partial charge on any atom is 0.277 e. The molecule has 0 radical (unpaired) electrons. The van der Waals surface area contributed by atoms with Crippen molar-refractivity contribution in [1.82, 2.24) is 19.6 Å². The maximum absolute atomic E-state index is 11.9. The third kappa shape index (κ3) is 3.08. The Bertz CT molecular complexity index is 1070. The first-order valence-corrected chi connectivity index (χ1v) is 9.11. The van der Waals surface area contributed by atoms with Crippen LogP contribution in [0.3, 0.4) is 0 Å². The SMILES string of the molecule is O=c1cc(CSc2nnc(-c3cccc(Cl)c3)o2)nc2sccn12. The highest BCUT2D eigenvalue weighted by atomic mass is 35.5. The summed E-state index contributed by atoms with van der Waals surface area (Å²) in [6.45, 7) is 0. The van der Waals surface area contributed by atoms with Crippen LogP contribution in [0, 0.1) is 0 Å². The van der Waals surface area contributed by atoms with Crippen molar-refractivity contribution in [3.8, 4) is 11.5 Å². The molecular formula is C15H9ClN4O2S2. The summed E-state index contributed by atoms with van der Waals surface area (Å²) in [4.78, 5) is 17.1. The van der Waals surface area contributed by atoms with E-state index < -0.39 is 0 Å². The van der Waals surface area contributed by atoms with Gasteiger partial charge in [-0.1, -0.05) is 29.4 Å². The number of halogens is 1. The highest BCUT2D eigenvalue weighted by Crippen LogP contribution is 2.26. The highest BCUT2D eigenvalue weighted by Gasteiger charge is 2.11. The molecule has 0 unspecified atom stereocenters. The predicted octanol–water partition coefficient (Wildman–Crippen LogP) is 3.75. The normalized spacial score (nSPS) is 11.2. The molecule has 0 N–H and O–H groups in total. The van der Waals surface area contributed by atoms with E-state index in [4.69, 9.17) is 16.0 Å². The average molecular weight is 377 g/mol. The Morgan fingerprint density at radius 3 is 3.08 bits per heavy atom. The number of hydrogen-bond acceptors (Lipinski definition) is 7. The molecule has 0 saturated carbocycles. The van der Waals surface area contributed by atoms with Gasteiger partial charge in [0, 0.05) is 34.0 Å². The Hall–Kier alpha value is -2.16. The van der Waals surface area contributed by atoms with Gasteiger partial charge in [0.15, 0.2) is 4.96 Å². The molecule has 3 aromatic heterocycles. The van der Waals surface area contributed by atoms with E-state index in [0.717, 1.165) is 5.56 Å². The van der Waals surface area contributed by atoms with E-state index >= 15 is 0 Å². The van der Waals surface area contributed by atoms with Crippen molar-refractivity contribution in [2.45, 2.75) is 11.0 Å². The van der Waals surface area contributed by atoms with Crippen LogP contribution in [0.4, 0.5) is 0 Å². The number of nitrogens with zero attached hydrogens (tertiary/aromatic N) is 4. The van der Waals surface area contributed by atoms with Crippen LogP contribution in [-0.4, -0.2) is 19.6 Å². The Morgan fingerprint density at radius 1 is 1.29 bits per heavy atom. The summed E-state index contributed by atoms with van der Waals surface area (Å²) >= 11 is 8.71. The molecule has 0 aliphatic rings. The molecule has 0 spiro atoms. The van der Waals surface area contributed by atoms with E-state index in [9.17, 15) is 4.79 Å². The fraction of sp³-hybridized carbons (Fsp3) is 0.0667. The second-order valence-electron chi connectivity index (χ2n) is 4.81. The van der Waals surface area contributed by atoms with E-state index in [0.29, 0.717) is 32.5 Å². The van der Waals surface area contributed by atoms with Gasteiger partial charge in [0.25, 0.3) is 10.8 Å². The van der Waals surface area contributed by atoms with Crippen molar-refractivity contribution in [2.24, 2.45) is 0 Å². The van der Waals surface area contributed by atoms with Crippen LogP contribution < -0.4 is 5.56 Å². The van der Waals surface area contributed by atoms with E-state index in [2.05, 4.69) is 15.2 Å². The summed E-state index contributed by atoms with van der Waals surface area (Å²) < 4.78 is 7.14. The predicted molar refractivity (Wildman–Crippen MR) is 93.6 cm³/mol. The summed E-state index contributed by atoms with van der Waals surface area (Å²) in [6, 6.07) is 8.73. The molecule has 9 heteroatoms. The summed E-state index contributed by atoms with van der Waals surface area (Å²) in [6.07, 6.45) is 1.71. The van der Waals surface area contributed by atoms with E-state index in [1.54, 1.807) is 18.3 Å². The fourth-order valence-corrected chi connectivity index (χ4v) is 3.69. The Kier molecular flexibility index (Phi) is 4.09. The molecule has 0 bridgehead atoms. The molecule has 120 valence electrons. The molecule has 0 aliphatic carbocycles. The largest absolute Gasteiger partial charge is 0.411 e. The lowest BCUT2D eigenvalue weighted by Crippen LogP contribution is -2.12. The second-order valence-corrected chi connectivity index (χ2v) is 7.05. The zero-order valence-electron chi connectivity index (χ0n) is 12.0. The van der Waals surface area contributed by atoms with Gasteiger partial charge in [0.05, 0.1) is 5.69 Å². The lowest BCUT2D eigenvalue weighted by molar-refractivity contribution is 0.466. The molecule has 1 aromatic carbocycles. The van der Waals surface area contributed by atoms with E-state index in [-0.39, 0.29) is 5.56 Å². The summed E-state index contributed by atoms with van der Waals surface area (Å²) in [5.74, 6) is 0.877. The van der Waals surface area contributed by atoms with Gasteiger partial charge in [-0.25, -0.2) is 4.98 Å². The number of benzene rings is 1. The molecule has 0 fully saturated rings. The van der Waals surface area contributed by atoms with Gasteiger partial charge in [-0.2, -0.15) is 0 Å². The molecule has 0 amide bonds. The number of fused-ring (bicyclic) bond motifs is 1. The average Bonchev–Trinajstić information content (AvgIpc) is 3.22. The minimum Gasteiger partial charge on any atom is -0.411 e. The van der Waals surface area contributed by atoms with Gasteiger partial charge in [-0.05, 0) is 18.2 Å². The number of rotatable bonds is 4. The summed E-state index contributed by atoms with van der Waals surface area (Å²) in [7, 11) is 0. The Labute approximate surface area is 149 Å². The molecule has 4 rings (SSSR count). The van der Waals surface area contributed by atoms with Gasteiger partial charge in [0.2, 0.25) is 5.89 Å². The molecule has 24 heavy (non-hydrogen) atoms. The number of thiazole rings is 1. The number of hydrogen-bond donors (Lipinski definition) is 0. The van der Waals surface area contributed by atoms with Gasteiger partial charge >= 0.3 is 0 Å². The van der Waals surface area contributed by atoms with E-state index in [1.165, 1.54) is 33.6 Å². The Balaban J connectivity index is 1.52. The van der Waals surface area contributed by atoms with Crippen LogP contribution in [-0.2, 0) is 5.75 Å². The molecular weight excluding hydrogens is 368 g/mol. The number of thioether (sulfide) groups is 1. The highest BCUT2D eigenvalue weighted by molar-refractivity contribution is 7.98. The molecule has 6 nitrogen and oxygen atoms in total. The van der Waals surface area contributed by atoms with Crippen LogP contribution in [0.15, 0.2) is 56.3 Å². The standard InChI is InChI=1S/C15H9ClN4O2S2/c16-10-3-1-2-9(6-10)13-18-19-15(22-13)24-8-11-7-12(21)20-4-5-23-14(20)17-11/h1-7H,8H2. The third-order valence-electron chi connectivity index (χ3n) is 3.18. The minimum atomic E-state index is -0.0954. The van der Waals surface area contributed by atoms with Crippen molar-refractivity contribution in [3.63, 3.8) is 0 Å². The monoisotopic (exact) mass is 376 g/mol. The van der Waals surface area contributed by atoms with Crippen LogP contribution in [0.2, 0.25) is 5.02 Å². The number of aromatic nitrogens is 4. The molecule has 0 atom stereocenters. The lowest BCUT2D eigenvalue weighted by atomic mass is 10.2. The molecule has 0 saturated heterocycles. The lowest BCUT2D eigenvalue weighted by Gasteiger charge is -1.98. The van der Waals surface area contributed by atoms with Crippen LogP contribution >= 0.6 is 34.7 Å². The topological polar surface area (TPSA) is 73.3 Å². The fourth-order valence-electron chi connectivity index (χ4n) is 2.10. The first-order chi connectivity index (χ1) is 11.7. The van der Waals surface area contributed by atoms with Crippen molar-refractivity contribution in [2.75, 3.05) is 0 Å². The van der Waals surface area contributed by atoms with Crippen molar-refractivity contribution >= 4 is 39.7 Å². The van der Waals surface area contributed by atoms with Crippen molar-refractivity contribution < 1.29 is 4.42 Å². The van der Waals surface area contributed by atoms with Gasteiger partial charge in [-0.3, -0.25) is 9.20 Å². The molecule has 4 aromatic rings. The third-order valence-corrected chi connectivity index (χ3v) is 5.02. The summed E-state index contributed by atoms with van der Waals surface area (Å²) in [5.41, 5.74) is 1.34. The Morgan fingerprint density at radius 2 is 2.21 bits per heavy atom. The van der Waals surface area contributed by atoms with Crippen molar-refractivity contribution in [1.29, 1.82) is 0 Å². The zero-order valence-corrected chi connectivity index (χ0v) is 14.4. The van der Waals surface area contributed by atoms with Gasteiger partial charge in [-0.15, -0.1) is 21.5 Å². The first-order valence-electron chi connectivity index (χ1n) is 6.87. The maximum atomic E-state index is 11.9.